The summed E-state index contributed by atoms with van der Waals surface area (Å²) in [7, 11) is -2.23. The number of fused-ring (bicyclic) bond motifs is 1. The van der Waals surface area contributed by atoms with Gasteiger partial charge in [-0.25, -0.2) is 13.4 Å². The number of sulfonamides is 1. The molecule has 1 fully saturated rings. The number of ether oxygens (including phenoxy) is 2. The molecule has 0 radical (unpaired) electrons. The van der Waals surface area contributed by atoms with Gasteiger partial charge in [0.25, 0.3) is 0 Å². The Morgan fingerprint density at radius 1 is 1.28 bits per heavy atom. The number of carbonyl (C=O) groups is 1. The maximum Gasteiger partial charge on any atom is 0.327 e. The van der Waals surface area contributed by atoms with Crippen molar-refractivity contribution in [2.45, 2.75) is 69.0 Å². The van der Waals surface area contributed by atoms with Crippen LogP contribution in [-0.4, -0.2) is 53.2 Å². The van der Waals surface area contributed by atoms with Gasteiger partial charge in [0.2, 0.25) is 15.9 Å². The van der Waals surface area contributed by atoms with Crippen molar-refractivity contribution >= 4 is 31.9 Å². The molecule has 1 atom stereocenters. The molecule has 0 bridgehead atoms. The smallest absolute Gasteiger partial charge is 0.327 e. The van der Waals surface area contributed by atoms with E-state index in [1.165, 1.54) is 10.5 Å². The lowest BCUT2D eigenvalue weighted by Gasteiger charge is -2.31. The molecule has 2 heterocycles. The molecular weight excluding hydrogens is 500 g/mol. The Kier molecular flexibility index (Phi) is 6.87. The number of pyridine rings is 1. The van der Waals surface area contributed by atoms with Crippen LogP contribution in [0.15, 0.2) is 27.8 Å². The van der Waals surface area contributed by atoms with Crippen molar-refractivity contribution in [1.29, 1.82) is 0 Å². The standard InChI is InChI=1S/C21H27BrN4O5S/c1-3-30-20(27)13-26-19-9-5-8-18(16(19)12-24-26)25(2)32(28,29)15-10-17(22)21(23-11-15)31-14-6-4-7-14/h10-12,14,18H,3-9,13H2,1-2H3. The minimum atomic E-state index is -3.81. The first-order chi connectivity index (χ1) is 15.3. The van der Waals surface area contributed by atoms with Gasteiger partial charge in [0.05, 0.1) is 29.5 Å². The lowest BCUT2D eigenvalue weighted by Crippen LogP contribution is -2.33. The van der Waals surface area contributed by atoms with Gasteiger partial charge in [-0.15, -0.1) is 0 Å². The van der Waals surface area contributed by atoms with Gasteiger partial charge in [-0.3, -0.25) is 9.48 Å². The molecule has 2 aliphatic rings. The summed E-state index contributed by atoms with van der Waals surface area (Å²) in [5.41, 5.74) is 1.70. The van der Waals surface area contributed by atoms with Crippen molar-refractivity contribution in [1.82, 2.24) is 19.1 Å². The van der Waals surface area contributed by atoms with Crippen molar-refractivity contribution in [3.8, 4) is 5.88 Å². The summed E-state index contributed by atoms with van der Waals surface area (Å²) in [5.74, 6) is 0.0538. The molecule has 4 rings (SSSR count). The second kappa shape index (κ2) is 9.48. The highest BCUT2D eigenvalue weighted by Gasteiger charge is 2.35. The molecule has 11 heteroatoms. The Morgan fingerprint density at radius 2 is 2.06 bits per heavy atom. The summed E-state index contributed by atoms with van der Waals surface area (Å²) in [5, 5.41) is 4.33. The van der Waals surface area contributed by atoms with Gasteiger partial charge in [0.1, 0.15) is 17.5 Å². The maximum atomic E-state index is 13.4. The van der Waals surface area contributed by atoms with E-state index in [-0.39, 0.29) is 29.6 Å². The number of hydrogen-bond acceptors (Lipinski definition) is 7. The van der Waals surface area contributed by atoms with E-state index in [1.54, 1.807) is 30.9 Å². The van der Waals surface area contributed by atoms with Gasteiger partial charge >= 0.3 is 5.97 Å². The lowest BCUT2D eigenvalue weighted by molar-refractivity contribution is -0.144. The summed E-state index contributed by atoms with van der Waals surface area (Å²) in [6.07, 6.45) is 8.48. The topological polar surface area (TPSA) is 104 Å². The third-order valence-corrected chi connectivity index (χ3v) is 8.44. The predicted molar refractivity (Wildman–Crippen MR) is 120 cm³/mol. The molecule has 1 saturated carbocycles. The van der Waals surface area contributed by atoms with Crippen LogP contribution in [0.25, 0.3) is 0 Å². The number of nitrogens with zero attached hydrogens (tertiary/aromatic N) is 4. The fourth-order valence-corrected chi connectivity index (χ4v) is 5.99. The largest absolute Gasteiger partial charge is 0.474 e. The van der Waals surface area contributed by atoms with E-state index in [2.05, 4.69) is 26.0 Å². The average molecular weight is 527 g/mol. The molecule has 0 aliphatic heterocycles. The zero-order valence-corrected chi connectivity index (χ0v) is 20.6. The van der Waals surface area contributed by atoms with Gasteiger partial charge < -0.3 is 9.47 Å². The van der Waals surface area contributed by atoms with E-state index in [0.29, 0.717) is 23.4 Å². The summed E-state index contributed by atoms with van der Waals surface area (Å²) in [6, 6.07) is 1.17. The highest BCUT2D eigenvalue weighted by Crippen LogP contribution is 2.37. The summed E-state index contributed by atoms with van der Waals surface area (Å²) in [6.45, 7) is 2.08. The number of carbonyl (C=O) groups excluding carboxylic acids is 1. The van der Waals surface area contributed by atoms with E-state index >= 15 is 0 Å². The third-order valence-electron chi connectivity index (χ3n) is 6.04. The minimum absolute atomic E-state index is 0.0195. The molecule has 2 aromatic rings. The third kappa shape index (κ3) is 4.55. The van der Waals surface area contributed by atoms with Gasteiger partial charge in [0, 0.05) is 18.3 Å². The first kappa shape index (κ1) is 23.2. The number of aromatic nitrogens is 3. The maximum absolute atomic E-state index is 13.4. The molecule has 174 valence electrons. The molecule has 0 N–H and O–H groups in total. The van der Waals surface area contributed by atoms with Crippen LogP contribution in [0.3, 0.4) is 0 Å². The molecule has 1 unspecified atom stereocenters. The quantitative estimate of drug-likeness (QED) is 0.486. The van der Waals surface area contributed by atoms with Crippen molar-refractivity contribution < 1.29 is 22.7 Å². The second-order valence-electron chi connectivity index (χ2n) is 8.07. The van der Waals surface area contributed by atoms with E-state index < -0.39 is 10.0 Å². The summed E-state index contributed by atoms with van der Waals surface area (Å²) < 4.78 is 41.1. The molecule has 32 heavy (non-hydrogen) atoms. The van der Waals surface area contributed by atoms with E-state index in [0.717, 1.165) is 43.4 Å². The number of rotatable bonds is 8. The van der Waals surface area contributed by atoms with Crippen molar-refractivity contribution in [3.63, 3.8) is 0 Å². The van der Waals surface area contributed by atoms with Crippen LogP contribution >= 0.6 is 15.9 Å². The van der Waals surface area contributed by atoms with Gasteiger partial charge in [-0.05, 0) is 67.4 Å². The zero-order chi connectivity index (χ0) is 22.9. The SMILES string of the molecule is CCOC(=O)Cn1ncc2c1CCCC2N(C)S(=O)(=O)c1cnc(OC2CCC2)c(Br)c1. The number of esters is 1. The molecule has 2 aromatic heterocycles. The van der Waals surface area contributed by atoms with Crippen LogP contribution in [-0.2, 0) is 32.5 Å². The summed E-state index contributed by atoms with van der Waals surface area (Å²) in [4.78, 5) is 16.2. The normalized spacial score (nSPS) is 18.8. The highest BCUT2D eigenvalue weighted by atomic mass is 79.9. The van der Waals surface area contributed by atoms with Crippen LogP contribution < -0.4 is 4.74 Å². The van der Waals surface area contributed by atoms with Crippen molar-refractivity contribution in [3.05, 3.63) is 34.2 Å². The van der Waals surface area contributed by atoms with Crippen LogP contribution in [0.4, 0.5) is 0 Å². The molecular formula is C21H27BrN4O5S. The second-order valence-corrected chi connectivity index (χ2v) is 10.9. The molecule has 0 amide bonds. The van der Waals surface area contributed by atoms with Crippen LogP contribution in [0.2, 0.25) is 0 Å². The predicted octanol–water partition coefficient (Wildman–Crippen LogP) is 3.23. The zero-order valence-electron chi connectivity index (χ0n) is 18.2. The molecule has 0 saturated heterocycles. The van der Waals surface area contributed by atoms with Gasteiger partial charge in [-0.2, -0.15) is 9.40 Å². The lowest BCUT2D eigenvalue weighted by atomic mass is 9.93. The van der Waals surface area contributed by atoms with Crippen LogP contribution in [0.5, 0.6) is 5.88 Å². The molecule has 2 aliphatic carbocycles. The average Bonchev–Trinajstić information content (AvgIpc) is 3.14. The van der Waals surface area contributed by atoms with Crippen molar-refractivity contribution in [2.75, 3.05) is 13.7 Å². The fourth-order valence-electron chi connectivity index (χ4n) is 4.05. The number of halogens is 1. The minimum Gasteiger partial charge on any atom is -0.474 e. The Morgan fingerprint density at radius 3 is 2.72 bits per heavy atom. The summed E-state index contributed by atoms with van der Waals surface area (Å²) >= 11 is 3.40. The molecule has 9 nitrogen and oxygen atoms in total. The Balaban J connectivity index is 1.55. The molecule has 0 aromatic carbocycles. The monoisotopic (exact) mass is 526 g/mol. The highest BCUT2D eigenvalue weighted by molar-refractivity contribution is 9.10. The van der Waals surface area contributed by atoms with Gasteiger partial charge in [-0.1, -0.05) is 0 Å². The van der Waals surface area contributed by atoms with Gasteiger partial charge in [0.15, 0.2) is 0 Å². The Bertz CT molecular complexity index is 1100. The number of hydrogen-bond donors (Lipinski definition) is 0. The molecule has 0 spiro atoms. The Hall–Kier alpha value is -1.98. The van der Waals surface area contributed by atoms with Crippen molar-refractivity contribution in [2.24, 2.45) is 0 Å². The Labute approximate surface area is 196 Å². The van der Waals surface area contributed by atoms with Crippen LogP contribution in [0.1, 0.15) is 56.3 Å². The van der Waals surface area contributed by atoms with Crippen LogP contribution in [0, 0.1) is 0 Å². The fraction of sp³-hybridized carbons (Fsp3) is 0.571. The first-order valence-electron chi connectivity index (χ1n) is 10.8. The van der Waals surface area contributed by atoms with E-state index in [4.69, 9.17) is 9.47 Å². The first-order valence-corrected chi connectivity index (χ1v) is 13.0. The van der Waals surface area contributed by atoms with E-state index in [1.807, 2.05) is 0 Å². The van der Waals surface area contributed by atoms with E-state index in [9.17, 15) is 13.2 Å².